The number of hydrogen-bond donors (Lipinski definition) is 2. The zero-order valence-corrected chi connectivity index (χ0v) is 16.3. The van der Waals surface area contributed by atoms with Gasteiger partial charge in [-0.25, -0.2) is 0 Å². The van der Waals surface area contributed by atoms with Crippen LogP contribution in [0, 0.1) is 6.92 Å². The van der Waals surface area contributed by atoms with Gasteiger partial charge in [-0.05, 0) is 35.4 Å². The Kier molecular flexibility index (Phi) is 12.1. The standard InChI is InChI=1S/C12H10O2.C12H25/c13-11-5-1-9(2-6-11)10-3-7-12(14)8-4-10;1-3-5-7-9-11-12-10-8-6-4-2/h1-8,13-14H;1,3-12H2,2H3. The molecule has 143 valence electrons. The Morgan fingerprint density at radius 1 is 0.577 bits per heavy atom. The number of rotatable bonds is 10. The zero-order chi connectivity index (χ0) is 19.0. The predicted molar refractivity (Wildman–Crippen MR) is 112 cm³/mol. The molecule has 0 aliphatic rings. The van der Waals surface area contributed by atoms with Gasteiger partial charge in [0.05, 0.1) is 0 Å². The fraction of sp³-hybridized carbons (Fsp3) is 0.458. The fourth-order valence-corrected chi connectivity index (χ4v) is 2.80. The smallest absolute Gasteiger partial charge is 0.115 e. The SMILES string of the molecule is Oc1ccc(-c2ccc(O)cc2)cc1.[CH2]CCCCCCCCCCC. The highest BCUT2D eigenvalue weighted by molar-refractivity contribution is 5.64. The van der Waals surface area contributed by atoms with Crippen molar-refractivity contribution in [3.63, 3.8) is 0 Å². The summed E-state index contributed by atoms with van der Waals surface area (Å²) in [6, 6.07) is 13.9. The first-order chi connectivity index (χ1) is 12.7. The maximum absolute atomic E-state index is 9.11. The highest BCUT2D eigenvalue weighted by Gasteiger charge is 1.97. The van der Waals surface area contributed by atoms with E-state index in [4.69, 9.17) is 10.2 Å². The van der Waals surface area contributed by atoms with Crippen LogP contribution in [0.2, 0.25) is 0 Å². The molecule has 2 aromatic carbocycles. The summed E-state index contributed by atoms with van der Waals surface area (Å²) in [5.41, 5.74) is 2.03. The molecule has 2 aromatic rings. The third-order valence-electron chi connectivity index (χ3n) is 4.42. The molecular weight excluding hydrogens is 320 g/mol. The van der Waals surface area contributed by atoms with Crippen molar-refractivity contribution >= 4 is 0 Å². The average Bonchev–Trinajstić information content (AvgIpc) is 2.66. The lowest BCUT2D eigenvalue weighted by atomic mass is 10.1. The topological polar surface area (TPSA) is 40.5 Å². The van der Waals surface area contributed by atoms with Crippen LogP contribution >= 0.6 is 0 Å². The van der Waals surface area contributed by atoms with Crippen LogP contribution in [-0.4, -0.2) is 10.2 Å². The molecule has 0 fully saturated rings. The quantitative estimate of drug-likeness (QED) is 0.433. The molecule has 0 unspecified atom stereocenters. The van der Waals surface area contributed by atoms with E-state index in [1.54, 1.807) is 24.3 Å². The average molecular weight is 356 g/mol. The van der Waals surface area contributed by atoms with Crippen molar-refractivity contribution in [2.24, 2.45) is 0 Å². The number of hydrogen-bond acceptors (Lipinski definition) is 2. The van der Waals surface area contributed by atoms with E-state index in [0.29, 0.717) is 0 Å². The van der Waals surface area contributed by atoms with E-state index < -0.39 is 0 Å². The molecule has 2 heteroatoms. The molecule has 0 saturated heterocycles. The molecule has 0 aromatic heterocycles. The molecule has 2 nitrogen and oxygen atoms in total. The summed E-state index contributed by atoms with van der Waals surface area (Å²) >= 11 is 0. The molecule has 0 bridgehead atoms. The highest BCUT2D eigenvalue weighted by atomic mass is 16.3. The van der Waals surface area contributed by atoms with E-state index in [-0.39, 0.29) is 11.5 Å². The summed E-state index contributed by atoms with van der Waals surface area (Å²) < 4.78 is 0. The van der Waals surface area contributed by atoms with Gasteiger partial charge in [-0.1, -0.05) is 102 Å². The van der Waals surface area contributed by atoms with Crippen molar-refractivity contribution < 1.29 is 10.2 Å². The second-order valence-corrected chi connectivity index (χ2v) is 6.78. The van der Waals surface area contributed by atoms with Crippen LogP contribution < -0.4 is 0 Å². The van der Waals surface area contributed by atoms with Crippen molar-refractivity contribution in [2.75, 3.05) is 0 Å². The van der Waals surface area contributed by atoms with Crippen molar-refractivity contribution in [3.05, 3.63) is 55.5 Å². The van der Waals surface area contributed by atoms with Crippen LogP contribution in [0.5, 0.6) is 11.5 Å². The first-order valence-electron chi connectivity index (χ1n) is 10.0. The molecule has 0 aliphatic carbocycles. The Labute approximate surface area is 159 Å². The Hall–Kier alpha value is -1.96. The number of phenolic OH excluding ortho intramolecular Hbond substituents is 2. The second kappa shape index (κ2) is 14.2. The van der Waals surface area contributed by atoms with Gasteiger partial charge in [0.15, 0.2) is 0 Å². The number of unbranched alkanes of at least 4 members (excludes halogenated alkanes) is 9. The fourth-order valence-electron chi connectivity index (χ4n) is 2.80. The molecule has 2 N–H and O–H groups in total. The first kappa shape index (κ1) is 22.1. The highest BCUT2D eigenvalue weighted by Crippen LogP contribution is 2.23. The Bertz CT molecular complexity index is 504. The van der Waals surface area contributed by atoms with Crippen LogP contribution in [0.25, 0.3) is 11.1 Å². The summed E-state index contributed by atoms with van der Waals surface area (Å²) in [5, 5.41) is 18.2. The van der Waals surface area contributed by atoms with Gasteiger partial charge >= 0.3 is 0 Å². The van der Waals surface area contributed by atoms with Crippen LogP contribution in [0.3, 0.4) is 0 Å². The van der Waals surface area contributed by atoms with Gasteiger partial charge in [0, 0.05) is 0 Å². The van der Waals surface area contributed by atoms with Crippen molar-refractivity contribution in [1.82, 2.24) is 0 Å². The van der Waals surface area contributed by atoms with E-state index in [0.717, 1.165) is 17.5 Å². The van der Waals surface area contributed by atoms with Crippen molar-refractivity contribution in [1.29, 1.82) is 0 Å². The first-order valence-corrected chi connectivity index (χ1v) is 10.0. The second-order valence-electron chi connectivity index (χ2n) is 6.78. The summed E-state index contributed by atoms with van der Waals surface area (Å²) in [6.07, 6.45) is 13.9. The molecule has 0 aliphatic heterocycles. The third kappa shape index (κ3) is 10.1. The maximum Gasteiger partial charge on any atom is 0.115 e. The van der Waals surface area contributed by atoms with Crippen LogP contribution in [0.15, 0.2) is 48.5 Å². The van der Waals surface area contributed by atoms with Gasteiger partial charge in [-0.2, -0.15) is 0 Å². The molecular formula is C24H35O2. The van der Waals surface area contributed by atoms with Gasteiger partial charge in [0.1, 0.15) is 11.5 Å². The van der Waals surface area contributed by atoms with Gasteiger partial charge < -0.3 is 10.2 Å². The lowest BCUT2D eigenvalue weighted by Gasteiger charge is -2.01. The molecule has 0 heterocycles. The summed E-state index contributed by atoms with van der Waals surface area (Å²) in [7, 11) is 0. The molecule has 0 amide bonds. The van der Waals surface area contributed by atoms with E-state index in [9.17, 15) is 0 Å². The number of aromatic hydroxyl groups is 2. The largest absolute Gasteiger partial charge is 0.508 e. The lowest BCUT2D eigenvalue weighted by Crippen LogP contribution is -1.80. The Balaban J connectivity index is 0.000000265. The molecule has 0 spiro atoms. The molecule has 1 radical (unpaired) electrons. The van der Waals surface area contributed by atoms with Crippen molar-refractivity contribution in [2.45, 2.75) is 71.1 Å². The minimum Gasteiger partial charge on any atom is -0.508 e. The maximum atomic E-state index is 9.11. The third-order valence-corrected chi connectivity index (χ3v) is 4.42. The normalized spacial score (nSPS) is 10.2. The van der Waals surface area contributed by atoms with Gasteiger partial charge in [-0.3, -0.25) is 0 Å². The van der Waals surface area contributed by atoms with E-state index in [1.807, 2.05) is 24.3 Å². The van der Waals surface area contributed by atoms with E-state index >= 15 is 0 Å². The lowest BCUT2D eigenvalue weighted by molar-refractivity contribution is 0.474. The minimum atomic E-state index is 0.257. The van der Waals surface area contributed by atoms with Gasteiger partial charge in [-0.15, -0.1) is 0 Å². The molecule has 0 atom stereocenters. The summed E-state index contributed by atoms with van der Waals surface area (Å²) in [5.74, 6) is 0.514. The predicted octanol–water partition coefficient (Wildman–Crippen LogP) is 7.51. The molecule has 0 saturated carbocycles. The number of phenols is 2. The molecule has 2 rings (SSSR count). The van der Waals surface area contributed by atoms with E-state index in [2.05, 4.69) is 13.8 Å². The van der Waals surface area contributed by atoms with Crippen LogP contribution in [0.4, 0.5) is 0 Å². The Morgan fingerprint density at radius 2 is 0.923 bits per heavy atom. The Morgan fingerprint density at radius 3 is 1.27 bits per heavy atom. The van der Waals surface area contributed by atoms with Crippen molar-refractivity contribution in [3.8, 4) is 22.6 Å². The summed E-state index contributed by atoms with van der Waals surface area (Å²) in [4.78, 5) is 0. The minimum absolute atomic E-state index is 0.257. The number of benzene rings is 2. The van der Waals surface area contributed by atoms with Crippen LogP contribution in [-0.2, 0) is 0 Å². The van der Waals surface area contributed by atoms with E-state index in [1.165, 1.54) is 57.8 Å². The van der Waals surface area contributed by atoms with Gasteiger partial charge in [0.25, 0.3) is 0 Å². The van der Waals surface area contributed by atoms with Gasteiger partial charge in [0.2, 0.25) is 0 Å². The van der Waals surface area contributed by atoms with Crippen LogP contribution in [0.1, 0.15) is 71.1 Å². The monoisotopic (exact) mass is 355 g/mol. The summed E-state index contributed by atoms with van der Waals surface area (Å²) in [6.45, 7) is 6.12. The zero-order valence-electron chi connectivity index (χ0n) is 16.3. The molecule has 26 heavy (non-hydrogen) atoms.